The number of esters is 2. The molecule has 0 aromatic rings. The number of amides is 2. The molecule has 0 bridgehead atoms. The van der Waals surface area contributed by atoms with E-state index in [0.29, 0.717) is 30.7 Å². The Kier molecular flexibility index (Phi) is 51.2. The lowest BCUT2D eigenvalue weighted by molar-refractivity contribution is -0.156. The Balaban J connectivity index is -0.0000000673. The summed E-state index contributed by atoms with van der Waals surface area (Å²) in [4.78, 5) is 60.8. The van der Waals surface area contributed by atoms with Gasteiger partial charge in [0.05, 0.1) is 12.2 Å². The molecule has 0 aliphatic heterocycles. The van der Waals surface area contributed by atoms with Gasteiger partial charge in [0, 0.05) is 65.6 Å². The lowest BCUT2D eigenvalue weighted by atomic mass is 9.93. The van der Waals surface area contributed by atoms with Crippen LogP contribution in [0.25, 0.3) is 0 Å². The van der Waals surface area contributed by atoms with Crippen LogP contribution in [0.15, 0.2) is 0 Å². The maximum atomic E-state index is 10.8. The summed E-state index contributed by atoms with van der Waals surface area (Å²) in [6, 6.07) is 0.902. The van der Waals surface area contributed by atoms with E-state index in [0.717, 1.165) is 64.2 Å². The minimum Gasteiger partial charge on any atom is -0.394 e. The number of hydrogen-bond donors (Lipinski definition) is 5. The van der Waals surface area contributed by atoms with Crippen LogP contribution in [0.5, 0.6) is 0 Å². The van der Waals surface area contributed by atoms with Crippen molar-refractivity contribution in [2.45, 2.75) is 187 Å². The molecule has 6 N–H and O–H groups in total. The molecule has 0 spiro atoms. The molecule has 47 heavy (non-hydrogen) atoms. The number of ether oxygens (including phenoxy) is 1. The molecule has 12 nitrogen and oxygen atoms in total. The zero-order valence-corrected chi connectivity index (χ0v) is 25.8. The van der Waals surface area contributed by atoms with Crippen molar-refractivity contribution >= 4 is 46.4 Å². The van der Waals surface area contributed by atoms with Gasteiger partial charge in [0.1, 0.15) is 5.78 Å². The number of carbonyl (C=O) groups is 6. The van der Waals surface area contributed by atoms with E-state index in [9.17, 15) is 28.8 Å². The van der Waals surface area contributed by atoms with Crippen molar-refractivity contribution in [2.24, 2.45) is 5.73 Å². The van der Waals surface area contributed by atoms with Crippen molar-refractivity contribution in [2.75, 3.05) is 0 Å². The number of hydrogen-bond acceptors (Lipinski definition) is 10. The Labute approximate surface area is 292 Å². The molecule has 0 aromatic heterocycles. The van der Waals surface area contributed by atoms with Crippen molar-refractivity contribution in [3.8, 4) is 0 Å². The van der Waals surface area contributed by atoms with Crippen LogP contribution in [0, 0.1) is 0 Å². The molecular formula is C34H74ClN3O9. The molecule has 3 rings (SSSR count). The second-order valence-electron chi connectivity index (χ2n) is 10.3. The lowest BCUT2D eigenvalue weighted by Crippen LogP contribution is -2.37. The van der Waals surface area contributed by atoms with Crippen LogP contribution in [-0.2, 0) is 33.5 Å². The molecule has 3 aliphatic rings. The van der Waals surface area contributed by atoms with Crippen LogP contribution >= 0.6 is 11.6 Å². The standard InChI is InChI=1S/C8H15NO2.C8H13NO2.C6H13NO.C4H6O3.C2H3ClO.6CH4/c2*1-6(10)9-7-2-4-8(11)5-3-7;7-5-1-3-6(8)4-2-5;1-3(5)7-4(2)6;1-2(3)4;;;;;;/h7-8,11H,2-5H2,1H3,(H,9,10);7H,2-5H2,1H3,(H,9,10);5-6,8H,1-4,7H2;1-2H3;1H3;6*1H4. The van der Waals surface area contributed by atoms with Gasteiger partial charge in [-0.25, -0.2) is 0 Å². The number of ketones is 1. The zero-order chi connectivity index (χ0) is 32.0. The van der Waals surface area contributed by atoms with Crippen LogP contribution < -0.4 is 16.4 Å². The molecule has 13 heteroatoms. The third-order valence-corrected chi connectivity index (χ3v) is 6.08. The normalized spacial score (nSPS) is 20.5. The summed E-state index contributed by atoms with van der Waals surface area (Å²) in [7, 11) is 0. The monoisotopic (exact) mass is 704 g/mol. The van der Waals surface area contributed by atoms with Gasteiger partial charge >= 0.3 is 11.9 Å². The molecule has 0 atom stereocenters. The van der Waals surface area contributed by atoms with E-state index in [1.54, 1.807) is 0 Å². The highest BCUT2D eigenvalue weighted by Gasteiger charge is 2.20. The lowest BCUT2D eigenvalue weighted by Gasteiger charge is -2.25. The van der Waals surface area contributed by atoms with Crippen molar-refractivity contribution in [1.29, 1.82) is 0 Å². The van der Waals surface area contributed by atoms with Crippen molar-refractivity contribution in [3.05, 3.63) is 0 Å². The first kappa shape index (κ1) is 63.3. The number of carbonyl (C=O) groups excluding carboxylic acids is 6. The van der Waals surface area contributed by atoms with E-state index in [1.807, 2.05) is 0 Å². The minimum absolute atomic E-state index is 0. The molecule has 0 radical (unpaired) electrons. The molecule has 286 valence electrons. The quantitative estimate of drug-likeness (QED) is 0.129. The molecule has 0 heterocycles. The number of rotatable bonds is 2. The zero-order valence-electron chi connectivity index (χ0n) is 25.1. The van der Waals surface area contributed by atoms with E-state index in [2.05, 4.69) is 27.0 Å². The van der Waals surface area contributed by atoms with E-state index in [1.165, 1.54) is 34.6 Å². The summed E-state index contributed by atoms with van der Waals surface area (Å²) in [5.74, 6) is -0.762. The molecule has 3 aliphatic carbocycles. The number of halogens is 1. The van der Waals surface area contributed by atoms with Gasteiger partial charge in [0.25, 0.3) is 0 Å². The third kappa shape index (κ3) is 48.1. The van der Waals surface area contributed by atoms with E-state index < -0.39 is 11.9 Å². The number of aliphatic hydroxyl groups is 2. The first-order valence-electron chi connectivity index (χ1n) is 14.0. The summed E-state index contributed by atoms with van der Waals surface area (Å²) in [5, 5.41) is 23.4. The van der Waals surface area contributed by atoms with Crippen LogP contribution in [0.4, 0.5) is 0 Å². The average molecular weight is 704 g/mol. The van der Waals surface area contributed by atoms with E-state index in [-0.39, 0.29) is 79.9 Å². The third-order valence-electron chi connectivity index (χ3n) is 6.08. The van der Waals surface area contributed by atoms with Gasteiger partial charge in [-0.3, -0.25) is 28.8 Å². The molecule has 2 amide bonds. The smallest absolute Gasteiger partial charge is 0.310 e. The van der Waals surface area contributed by atoms with E-state index in [4.69, 9.17) is 15.9 Å². The summed E-state index contributed by atoms with van der Waals surface area (Å²) in [5.41, 5.74) is 5.59. The molecule has 0 saturated heterocycles. The van der Waals surface area contributed by atoms with Gasteiger partial charge in [0.15, 0.2) is 0 Å². The van der Waals surface area contributed by atoms with Gasteiger partial charge in [-0.1, -0.05) is 44.6 Å². The van der Waals surface area contributed by atoms with Gasteiger partial charge < -0.3 is 31.3 Å². The SMILES string of the molecule is C.C.C.C.C.C.CC(=O)Cl.CC(=O)NC1CCC(=O)CC1.CC(=O)NC1CCC(O)CC1.CC(=O)OC(C)=O.NC1CCC(O)CC1. The Bertz CT molecular complexity index is 777. The van der Waals surface area contributed by atoms with Crippen molar-refractivity contribution in [3.63, 3.8) is 0 Å². The highest BCUT2D eigenvalue weighted by molar-refractivity contribution is 6.62. The second kappa shape index (κ2) is 38.0. The van der Waals surface area contributed by atoms with Gasteiger partial charge in [-0.05, 0) is 75.8 Å². The predicted molar refractivity (Wildman–Crippen MR) is 195 cm³/mol. The van der Waals surface area contributed by atoms with Crippen LogP contribution in [0.1, 0.15) is 156 Å². The molecule has 3 saturated carbocycles. The van der Waals surface area contributed by atoms with Crippen molar-refractivity contribution in [1.82, 2.24) is 10.6 Å². The maximum absolute atomic E-state index is 10.8. The number of aliphatic hydroxyl groups excluding tert-OH is 2. The summed E-state index contributed by atoms with van der Waals surface area (Å²) >= 11 is 4.64. The van der Waals surface area contributed by atoms with Gasteiger partial charge in [0.2, 0.25) is 17.1 Å². The molecular weight excluding hydrogens is 630 g/mol. The maximum Gasteiger partial charge on any atom is 0.310 e. The Morgan fingerprint density at radius 1 is 0.617 bits per heavy atom. The molecule has 0 aromatic carbocycles. The van der Waals surface area contributed by atoms with Gasteiger partial charge in [-0.15, -0.1) is 0 Å². The average Bonchev–Trinajstić information content (AvgIpc) is 2.83. The first-order chi connectivity index (χ1) is 19.0. The summed E-state index contributed by atoms with van der Waals surface area (Å²) in [6.45, 7) is 6.70. The fourth-order valence-corrected chi connectivity index (χ4v) is 4.18. The van der Waals surface area contributed by atoms with Crippen LogP contribution in [0.2, 0.25) is 0 Å². The molecule has 0 unspecified atom stereocenters. The summed E-state index contributed by atoms with van der Waals surface area (Å²) < 4.78 is 3.97. The Morgan fingerprint density at radius 3 is 1.13 bits per heavy atom. The highest BCUT2D eigenvalue weighted by atomic mass is 35.5. The fraction of sp³-hybridized carbons (Fsp3) is 0.824. The summed E-state index contributed by atoms with van der Waals surface area (Å²) in [6.07, 6.45) is 9.99. The number of nitrogens with one attached hydrogen (secondary N) is 2. The van der Waals surface area contributed by atoms with Crippen LogP contribution in [-0.4, -0.2) is 75.3 Å². The number of Topliss-reactive ketones (excluding diaryl/α,β-unsaturated/α-hetero) is 1. The largest absolute Gasteiger partial charge is 0.394 e. The predicted octanol–water partition coefficient (Wildman–Crippen LogP) is 5.99. The first-order valence-corrected chi connectivity index (χ1v) is 14.4. The fourth-order valence-electron chi connectivity index (χ4n) is 4.18. The van der Waals surface area contributed by atoms with E-state index >= 15 is 0 Å². The minimum atomic E-state index is -0.562. The van der Waals surface area contributed by atoms with Crippen LogP contribution in [0.3, 0.4) is 0 Å². The van der Waals surface area contributed by atoms with Gasteiger partial charge in [-0.2, -0.15) is 0 Å². The van der Waals surface area contributed by atoms with Crippen molar-refractivity contribution < 1.29 is 43.7 Å². The highest BCUT2D eigenvalue weighted by Crippen LogP contribution is 2.18. The number of nitrogens with two attached hydrogens (primary N) is 1. The topological polar surface area (TPSA) is 202 Å². The molecule has 3 fully saturated rings. The Morgan fingerprint density at radius 2 is 0.894 bits per heavy atom. The Hall–Kier alpha value is -2.41. The second-order valence-corrected chi connectivity index (χ2v) is 10.9.